The van der Waals surface area contributed by atoms with Crippen LogP contribution in [0.25, 0.3) is 11.4 Å². The van der Waals surface area contributed by atoms with Gasteiger partial charge in [0.25, 0.3) is 0 Å². The summed E-state index contributed by atoms with van der Waals surface area (Å²) in [5.74, 6) is 2.51. The Morgan fingerprint density at radius 3 is 2.78 bits per heavy atom. The molecule has 0 amide bonds. The molecule has 0 spiro atoms. The average Bonchev–Trinajstić information content (AvgIpc) is 3.30. The van der Waals surface area contributed by atoms with E-state index in [2.05, 4.69) is 22.0 Å². The maximum Gasteiger partial charge on any atom is 0.241 e. The van der Waals surface area contributed by atoms with Crippen molar-refractivity contribution in [1.29, 1.82) is 0 Å². The Kier molecular flexibility index (Phi) is 6.34. The molecule has 1 aromatic carbocycles. The van der Waals surface area contributed by atoms with Crippen molar-refractivity contribution in [1.82, 2.24) is 15.0 Å². The Labute approximate surface area is 160 Å². The zero-order valence-corrected chi connectivity index (χ0v) is 16.7. The number of hydrogen-bond donors (Lipinski definition) is 0. The molecule has 2 heterocycles. The molecule has 1 aliphatic rings. The van der Waals surface area contributed by atoms with E-state index in [0.29, 0.717) is 24.0 Å². The van der Waals surface area contributed by atoms with Gasteiger partial charge in [0.2, 0.25) is 11.7 Å². The fourth-order valence-corrected chi connectivity index (χ4v) is 4.07. The highest BCUT2D eigenvalue weighted by Gasteiger charge is 2.40. The lowest BCUT2D eigenvalue weighted by Gasteiger charge is -2.37. The maximum atomic E-state index is 5.56. The van der Waals surface area contributed by atoms with E-state index in [1.165, 1.54) is 0 Å². The number of rotatable bonds is 9. The highest BCUT2D eigenvalue weighted by Crippen LogP contribution is 2.36. The van der Waals surface area contributed by atoms with Gasteiger partial charge in [0.05, 0.1) is 32.9 Å². The van der Waals surface area contributed by atoms with E-state index < -0.39 is 0 Å². The molecule has 0 aliphatic carbocycles. The molecule has 0 N–H and O–H groups in total. The standard InChI is InChI=1S/C20H29N3O4/c1-5-9-20(14-24-2)10-6-11-23(20)13-18-21-19(22-27-18)16-8-7-15(25-3)12-17(16)26-4/h7-8,12H,5-6,9-11,13-14H2,1-4H3. The van der Waals surface area contributed by atoms with Crippen molar-refractivity contribution >= 4 is 0 Å². The van der Waals surface area contributed by atoms with E-state index in [0.717, 1.165) is 50.1 Å². The molecule has 1 aliphatic heterocycles. The van der Waals surface area contributed by atoms with Crippen molar-refractivity contribution < 1.29 is 18.7 Å². The molecule has 0 radical (unpaired) electrons. The monoisotopic (exact) mass is 375 g/mol. The maximum absolute atomic E-state index is 5.56. The molecule has 0 bridgehead atoms. The second kappa shape index (κ2) is 8.71. The van der Waals surface area contributed by atoms with Crippen molar-refractivity contribution in [2.24, 2.45) is 0 Å². The largest absolute Gasteiger partial charge is 0.497 e. The van der Waals surface area contributed by atoms with Gasteiger partial charge in [-0.2, -0.15) is 4.98 Å². The lowest BCUT2D eigenvalue weighted by atomic mass is 9.91. The molecule has 1 saturated heterocycles. The van der Waals surface area contributed by atoms with Gasteiger partial charge in [-0.05, 0) is 37.9 Å². The zero-order valence-electron chi connectivity index (χ0n) is 16.7. The molecule has 1 unspecified atom stereocenters. The number of ether oxygens (including phenoxy) is 3. The van der Waals surface area contributed by atoms with Crippen LogP contribution in [0.1, 0.15) is 38.5 Å². The molecule has 7 heteroatoms. The van der Waals surface area contributed by atoms with Crippen LogP contribution in [0.4, 0.5) is 0 Å². The summed E-state index contributed by atoms with van der Waals surface area (Å²) in [4.78, 5) is 7.05. The van der Waals surface area contributed by atoms with Gasteiger partial charge in [-0.15, -0.1) is 0 Å². The molecule has 3 rings (SSSR count). The van der Waals surface area contributed by atoms with Gasteiger partial charge in [-0.25, -0.2) is 0 Å². The highest BCUT2D eigenvalue weighted by molar-refractivity contribution is 5.65. The number of nitrogens with zero attached hydrogens (tertiary/aromatic N) is 3. The van der Waals surface area contributed by atoms with Crippen molar-refractivity contribution in [3.05, 3.63) is 24.1 Å². The fraction of sp³-hybridized carbons (Fsp3) is 0.600. The molecule has 2 aromatic rings. The van der Waals surface area contributed by atoms with Crippen LogP contribution in [0.3, 0.4) is 0 Å². The molecule has 1 fully saturated rings. The third-order valence-corrected chi connectivity index (χ3v) is 5.31. The quantitative estimate of drug-likeness (QED) is 0.664. The summed E-state index contributed by atoms with van der Waals surface area (Å²) < 4.78 is 21.8. The van der Waals surface area contributed by atoms with E-state index in [4.69, 9.17) is 18.7 Å². The summed E-state index contributed by atoms with van der Waals surface area (Å²) in [6, 6.07) is 5.56. The second-order valence-corrected chi connectivity index (χ2v) is 7.01. The predicted molar refractivity (Wildman–Crippen MR) is 102 cm³/mol. The number of aromatic nitrogens is 2. The van der Waals surface area contributed by atoms with Gasteiger partial charge in [-0.3, -0.25) is 4.90 Å². The minimum Gasteiger partial charge on any atom is -0.497 e. The minimum atomic E-state index is 0.0654. The summed E-state index contributed by atoms with van der Waals surface area (Å²) in [6.07, 6.45) is 4.53. The van der Waals surface area contributed by atoms with Crippen molar-refractivity contribution in [3.63, 3.8) is 0 Å². The lowest BCUT2D eigenvalue weighted by molar-refractivity contribution is 0.0212. The SMILES string of the molecule is CCCC1(COC)CCCN1Cc1nc(-c2ccc(OC)cc2OC)no1. The molecule has 7 nitrogen and oxygen atoms in total. The summed E-state index contributed by atoms with van der Waals surface area (Å²) in [7, 11) is 5.02. The Hall–Kier alpha value is -2.12. The summed E-state index contributed by atoms with van der Waals surface area (Å²) >= 11 is 0. The predicted octanol–water partition coefficient (Wildman–Crippen LogP) is 3.53. The Morgan fingerprint density at radius 1 is 1.22 bits per heavy atom. The first-order valence-electron chi connectivity index (χ1n) is 9.44. The van der Waals surface area contributed by atoms with E-state index in [9.17, 15) is 0 Å². The van der Waals surface area contributed by atoms with Crippen LogP contribution in [0.5, 0.6) is 11.5 Å². The van der Waals surface area contributed by atoms with Gasteiger partial charge in [0.15, 0.2) is 0 Å². The molecule has 0 saturated carbocycles. The molecule has 1 aromatic heterocycles. The van der Waals surface area contributed by atoms with Crippen LogP contribution in [0, 0.1) is 0 Å². The average molecular weight is 375 g/mol. The van der Waals surface area contributed by atoms with Crippen LogP contribution in [0.15, 0.2) is 22.7 Å². The third-order valence-electron chi connectivity index (χ3n) is 5.31. The first-order valence-corrected chi connectivity index (χ1v) is 9.44. The molecular formula is C20H29N3O4. The number of methoxy groups -OCH3 is 3. The first-order chi connectivity index (χ1) is 13.2. The summed E-state index contributed by atoms with van der Waals surface area (Å²) in [6.45, 7) is 4.60. The zero-order chi connectivity index (χ0) is 19.3. The molecule has 1 atom stereocenters. The Balaban J connectivity index is 1.80. The van der Waals surface area contributed by atoms with E-state index in [-0.39, 0.29) is 5.54 Å². The lowest BCUT2D eigenvalue weighted by Crippen LogP contribution is -2.47. The second-order valence-electron chi connectivity index (χ2n) is 7.01. The van der Waals surface area contributed by atoms with Crippen LogP contribution in [-0.2, 0) is 11.3 Å². The number of hydrogen-bond acceptors (Lipinski definition) is 7. The molecular weight excluding hydrogens is 346 g/mol. The summed E-state index contributed by atoms with van der Waals surface area (Å²) in [5, 5.41) is 4.17. The van der Waals surface area contributed by atoms with Crippen LogP contribution in [-0.4, -0.2) is 55.1 Å². The Morgan fingerprint density at radius 2 is 2.07 bits per heavy atom. The topological polar surface area (TPSA) is 69.9 Å². The third kappa shape index (κ3) is 4.09. The van der Waals surface area contributed by atoms with Crippen molar-refractivity contribution in [2.75, 3.05) is 34.5 Å². The van der Waals surface area contributed by atoms with Gasteiger partial charge >= 0.3 is 0 Å². The Bertz CT molecular complexity index is 741. The smallest absolute Gasteiger partial charge is 0.241 e. The van der Waals surface area contributed by atoms with Crippen LogP contribution in [0.2, 0.25) is 0 Å². The number of likely N-dealkylation sites (tertiary alicyclic amines) is 1. The van der Waals surface area contributed by atoms with Gasteiger partial charge in [-0.1, -0.05) is 18.5 Å². The first kappa shape index (κ1) is 19.6. The molecule has 148 valence electrons. The van der Waals surface area contributed by atoms with Gasteiger partial charge in [0, 0.05) is 18.7 Å². The van der Waals surface area contributed by atoms with E-state index in [1.807, 2.05) is 18.2 Å². The van der Waals surface area contributed by atoms with Gasteiger partial charge < -0.3 is 18.7 Å². The van der Waals surface area contributed by atoms with Crippen molar-refractivity contribution in [3.8, 4) is 22.9 Å². The van der Waals surface area contributed by atoms with Crippen LogP contribution >= 0.6 is 0 Å². The van der Waals surface area contributed by atoms with Crippen molar-refractivity contribution in [2.45, 2.75) is 44.7 Å². The summed E-state index contributed by atoms with van der Waals surface area (Å²) in [5.41, 5.74) is 0.849. The van der Waals surface area contributed by atoms with Gasteiger partial charge in [0.1, 0.15) is 11.5 Å². The normalized spacial score (nSPS) is 20.1. The number of benzene rings is 1. The minimum absolute atomic E-state index is 0.0654. The highest BCUT2D eigenvalue weighted by atomic mass is 16.5. The van der Waals surface area contributed by atoms with E-state index in [1.54, 1.807) is 21.3 Å². The van der Waals surface area contributed by atoms with Crippen LogP contribution < -0.4 is 9.47 Å². The molecule has 27 heavy (non-hydrogen) atoms. The fourth-order valence-electron chi connectivity index (χ4n) is 4.07. The van der Waals surface area contributed by atoms with E-state index >= 15 is 0 Å².